The van der Waals surface area contributed by atoms with Crippen LogP contribution in [-0.4, -0.2) is 38.3 Å². The standard InChI is InChI=1S/C11H21N3O.HI/c1-2-9-15-10(4-1)5-8-14-11-12-6-3-7-13-11;/h10H,1-9H2,(H2,12,13,14);1H. The lowest BCUT2D eigenvalue weighted by molar-refractivity contribution is 0.0122. The maximum atomic E-state index is 5.67. The Morgan fingerprint density at radius 2 is 2.31 bits per heavy atom. The zero-order valence-electron chi connectivity index (χ0n) is 9.71. The van der Waals surface area contributed by atoms with Crippen LogP contribution in [0.4, 0.5) is 0 Å². The van der Waals surface area contributed by atoms with Gasteiger partial charge in [-0.3, -0.25) is 4.99 Å². The van der Waals surface area contributed by atoms with Crippen molar-refractivity contribution < 1.29 is 4.74 Å². The normalized spacial score (nSPS) is 25.0. The number of aliphatic imine (C=N–C) groups is 1. The van der Waals surface area contributed by atoms with E-state index < -0.39 is 0 Å². The van der Waals surface area contributed by atoms with Gasteiger partial charge >= 0.3 is 0 Å². The summed E-state index contributed by atoms with van der Waals surface area (Å²) in [7, 11) is 0. The molecular weight excluding hydrogens is 317 g/mol. The summed E-state index contributed by atoms with van der Waals surface area (Å²) >= 11 is 0. The Labute approximate surface area is 115 Å². The summed E-state index contributed by atoms with van der Waals surface area (Å²) in [5.41, 5.74) is 0. The maximum absolute atomic E-state index is 5.67. The molecule has 0 aromatic rings. The van der Waals surface area contributed by atoms with Gasteiger partial charge in [0.2, 0.25) is 0 Å². The lowest BCUT2D eigenvalue weighted by atomic mass is 10.1. The summed E-state index contributed by atoms with van der Waals surface area (Å²) in [6.45, 7) is 3.92. The molecule has 2 rings (SSSR count). The van der Waals surface area contributed by atoms with Crippen molar-refractivity contribution in [2.75, 3.05) is 26.2 Å². The second-order valence-corrected chi connectivity index (χ2v) is 4.21. The summed E-state index contributed by atoms with van der Waals surface area (Å²) in [5, 5.41) is 6.58. The van der Waals surface area contributed by atoms with Gasteiger partial charge in [0, 0.05) is 26.2 Å². The van der Waals surface area contributed by atoms with E-state index in [4.69, 9.17) is 4.74 Å². The van der Waals surface area contributed by atoms with E-state index in [1.807, 2.05) is 0 Å². The van der Waals surface area contributed by atoms with Gasteiger partial charge < -0.3 is 15.4 Å². The lowest BCUT2D eigenvalue weighted by Crippen LogP contribution is -2.41. The molecule has 2 aliphatic heterocycles. The van der Waals surface area contributed by atoms with Crippen LogP contribution >= 0.6 is 24.0 Å². The van der Waals surface area contributed by atoms with E-state index in [0.717, 1.165) is 45.0 Å². The third-order valence-electron chi connectivity index (χ3n) is 2.93. The molecule has 2 heterocycles. The van der Waals surface area contributed by atoms with Gasteiger partial charge in [-0.1, -0.05) is 0 Å². The van der Waals surface area contributed by atoms with Gasteiger partial charge in [-0.2, -0.15) is 0 Å². The van der Waals surface area contributed by atoms with Crippen molar-refractivity contribution in [3.63, 3.8) is 0 Å². The molecule has 1 atom stereocenters. The fourth-order valence-electron chi connectivity index (χ4n) is 2.04. The largest absolute Gasteiger partial charge is 0.378 e. The van der Waals surface area contributed by atoms with Gasteiger partial charge in [0.1, 0.15) is 0 Å². The Morgan fingerprint density at radius 1 is 1.38 bits per heavy atom. The first-order valence-electron chi connectivity index (χ1n) is 6.09. The van der Waals surface area contributed by atoms with E-state index in [0.29, 0.717) is 6.10 Å². The smallest absolute Gasteiger partial charge is 0.191 e. The highest BCUT2D eigenvalue weighted by Gasteiger charge is 2.13. The van der Waals surface area contributed by atoms with Gasteiger partial charge in [0.05, 0.1) is 6.10 Å². The number of hydrogen-bond acceptors (Lipinski definition) is 4. The molecule has 0 saturated carbocycles. The Kier molecular flexibility index (Phi) is 7.11. The molecule has 0 aromatic carbocycles. The molecule has 5 heteroatoms. The fourth-order valence-corrected chi connectivity index (χ4v) is 2.04. The lowest BCUT2D eigenvalue weighted by Gasteiger charge is -2.23. The Balaban J connectivity index is 0.00000128. The Morgan fingerprint density at radius 3 is 3.00 bits per heavy atom. The molecule has 2 N–H and O–H groups in total. The van der Waals surface area contributed by atoms with Gasteiger partial charge in [-0.25, -0.2) is 0 Å². The zero-order chi connectivity index (χ0) is 10.3. The highest BCUT2D eigenvalue weighted by atomic mass is 127. The van der Waals surface area contributed by atoms with Crippen molar-refractivity contribution in [3.8, 4) is 0 Å². The molecule has 94 valence electrons. The number of nitrogens with one attached hydrogen (secondary N) is 2. The molecule has 0 aliphatic carbocycles. The van der Waals surface area contributed by atoms with Gasteiger partial charge in [0.15, 0.2) is 5.96 Å². The average molecular weight is 339 g/mol. The maximum Gasteiger partial charge on any atom is 0.191 e. The second-order valence-electron chi connectivity index (χ2n) is 4.21. The van der Waals surface area contributed by atoms with E-state index in [1.165, 1.54) is 19.3 Å². The van der Waals surface area contributed by atoms with Gasteiger partial charge in [-0.15, -0.1) is 24.0 Å². The zero-order valence-corrected chi connectivity index (χ0v) is 12.0. The predicted octanol–water partition coefficient (Wildman–Crippen LogP) is 1.50. The number of halogens is 1. The quantitative estimate of drug-likeness (QED) is 0.766. The molecule has 1 saturated heterocycles. The highest BCUT2D eigenvalue weighted by Crippen LogP contribution is 2.14. The number of nitrogens with zero attached hydrogens (tertiary/aromatic N) is 1. The molecule has 0 bridgehead atoms. The monoisotopic (exact) mass is 339 g/mol. The van der Waals surface area contributed by atoms with E-state index in [1.54, 1.807) is 0 Å². The van der Waals surface area contributed by atoms with Gasteiger partial charge in [0.25, 0.3) is 0 Å². The number of ether oxygens (including phenoxy) is 1. The average Bonchev–Trinajstić information content (AvgIpc) is 2.32. The first kappa shape index (κ1) is 14.0. The Bertz CT molecular complexity index is 217. The van der Waals surface area contributed by atoms with Crippen molar-refractivity contribution in [2.24, 2.45) is 4.99 Å². The molecule has 0 radical (unpaired) electrons. The van der Waals surface area contributed by atoms with E-state index in [9.17, 15) is 0 Å². The fraction of sp³-hybridized carbons (Fsp3) is 0.909. The van der Waals surface area contributed by atoms with Crippen LogP contribution in [0, 0.1) is 0 Å². The third-order valence-corrected chi connectivity index (χ3v) is 2.93. The molecule has 0 aromatic heterocycles. The number of hydrogen-bond donors (Lipinski definition) is 2. The SMILES string of the molecule is C1CN=C(NCCC2CCCCO2)NC1.I. The number of guanidine groups is 1. The first-order valence-corrected chi connectivity index (χ1v) is 6.09. The molecule has 16 heavy (non-hydrogen) atoms. The van der Waals surface area contributed by atoms with Crippen LogP contribution < -0.4 is 10.6 Å². The van der Waals surface area contributed by atoms with Crippen LogP contribution in [0.1, 0.15) is 32.1 Å². The van der Waals surface area contributed by atoms with E-state index >= 15 is 0 Å². The molecular formula is C11H22IN3O. The topological polar surface area (TPSA) is 45.7 Å². The molecule has 2 aliphatic rings. The summed E-state index contributed by atoms with van der Waals surface area (Å²) in [6.07, 6.45) is 6.50. The molecule has 1 unspecified atom stereocenters. The van der Waals surface area contributed by atoms with Crippen LogP contribution in [0.15, 0.2) is 4.99 Å². The minimum absolute atomic E-state index is 0. The summed E-state index contributed by atoms with van der Waals surface area (Å²) in [4.78, 5) is 4.37. The van der Waals surface area contributed by atoms with E-state index in [-0.39, 0.29) is 24.0 Å². The molecule has 1 fully saturated rings. The minimum atomic E-state index is 0. The predicted molar refractivity (Wildman–Crippen MR) is 76.5 cm³/mol. The molecule has 4 nitrogen and oxygen atoms in total. The van der Waals surface area contributed by atoms with Crippen molar-refractivity contribution in [1.29, 1.82) is 0 Å². The van der Waals surface area contributed by atoms with Gasteiger partial charge in [-0.05, 0) is 32.1 Å². The number of rotatable bonds is 3. The van der Waals surface area contributed by atoms with Crippen LogP contribution in [0.3, 0.4) is 0 Å². The highest BCUT2D eigenvalue weighted by molar-refractivity contribution is 14.0. The van der Waals surface area contributed by atoms with Crippen molar-refractivity contribution in [2.45, 2.75) is 38.2 Å². The molecule has 0 spiro atoms. The van der Waals surface area contributed by atoms with Crippen LogP contribution in [0.2, 0.25) is 0 Å². The van der Waals surface area contributed by atoms with Crippen LogP contribution in [0.5, 0.6) is 0 Å². The minimum Gasteiger partial charge on any atom is -0.378 e. The van der Waals surface area contributed by atoms with Crippen molar-refractivity contribution in [1.82, 2.24) is 10.6 Å². The Hall–Kier alpha value is -0.0400. The van der Waals surface area contributed by atoms with Crippen molar-refractivity contribution in [3.05, 3.63) is 0 Å². The third kappa shape index (κ3) is 4.86. The van der Waals surface area contributed by atoms with Crippen LogP contribution in [-0.2, 0) is 4.74 Å². The second kappa shape index (κ2) is 8.11. The van der Waals surface area contributed by atoms with Crippen LogP contribution in [0.25, 0.3) is 0 Å². The molecule has 0 amide bonds. The summed E-state index contributed by atoms with van der Waals surface area (Å²) in [5.74, 6) is 0.969. The summed E-state index contributed by atoms with van der Waals surface area (Å²) < 4.78 is 5.67. The first-order chi connectivity index (χ1) is 7.45. The summed E-state index contributed by atoms with van der Waals surface area (Å²) in [6, 6.07) is 0. The van der Waals surface area contributed by atoms with Crippen molar-refractivity contribution >= 4 is 29.9 Å². The van der Waals surface area contributed by atoms with E-state index in [2.05, 4.69) is 15.6 Å².